The normalized spacial score (nSPS) is 10.7. The van der Waals surface area contributed by atoms with E-state index in [1.54, 1.807) is 35.3 Å². The smallest absolute Gasteiger partial charge is 0.340 e. The highest BCUT2D eigenvalue weighted by molar-refractivity contribution is 7.80. The van der Waals surface area contributed by atoms with E-state index in [2.05, 4.69) is 15.7 Å². The first-order valence-corrected chi connectivity index (χ1v) is 12.2. The second-order valence-electron chi connectivity index (χ2n) is 7.32. The number of nitrogens with zero attached hydrogens (tertiary/aromatic N) is 2. The average molecular weight is 531 g/mol. The molecule has 6 nitrogen and oxygen atoms in total. The number of methoxy groups -OCH3 is 1. The molecular weight excluding hydrogens is 511 g/mol. The number of carbonyl (C=O) groups excluding carboxylic acids is 1. The fourth-order valence-corrected chi connectivity index (χ4v) is 5.19. The third-order valence-electron chi connectivity index (χ3n) is 4.91. The molecule has 0 bridgehead atoms. The highest BCUT2D eigenvalue weighted by Crippen LogP contribution is 2.31. The van der Waals surface area contributed by atoms with Gasteiger partial charge in [0, 0.05) is 33.1 Å². The average Bonchev–Trinajstić information content (AvgIpc) is 3.43. The molecule has 2 aromatic heterocycles. The molecule has 4 rings (SSSR count). The van der Waals surface area contributed by atoms with Crippen molar-refractivity contribution < 1.29 is 9.53 Å². The first-order chi connectivity index (χ1) is 16.4. The monoisotopic (exact) mass is 530 g/mol. The van der Waals surface area contributed by atoms with Crippen LogP contribution in [0.25, 0.3) is 0 Å². The number of anilines is 2. The minimum atomic E-state index is -0.426. The fourth-order valence-electron chi connectivity index (χ4n) is 3.31. The molecule has 0 saturated heterocycles. The summed E-state index contributed by atoms with van der Waals surface area (Å²) in [6.45, 7) is 0.417. The van der Waals surface area contributed by atoms with E-state index in [0.717, 1.165) is 16.0 Å². The number of benzene rings is 2. The number of thiophene rings is 1. The van der Waals surface area contributed by atoms with Crippen LogP contribution < -0.4 is 10.6 Å². The number of hydrogen-bond donors (Lipinski definition) is 2. The molecule has 0 aliphatic rings. The number of halogens is 2. The van der Waals surface area contributed by atoms with Crippen LogP contribution in [0.15, 0.2) is 67.0 Å². The predicted molar refractivity (Wildman–Crippen MR) is 143 cm³/mol. The van der Waals surface area contributed by atoms with Crippen LogP contribution >= 0.6 is 46.8 Å². The first kappa shape index (κ1) is 24.2. The molecule has 2 aromatic carbocycles. The Hall–Kier alpha value is -2.91. The number of esters is 1. The topological polar surface area (TPSA) is 68.2 Å². The Morgan fingerprint density at radius 1 is 1.12 bits per heavy atom. The SMILES string of the molecule is COC(=O)c1cc(Cc2ccccc2)sc1NC(=S)Nc1cnn(Cc2c(Cl)cccc2Cl)c1. The maximum atomic E-state index is 12.3. The lowest BCUT2D eigenvalue weighted by Gasteiger charge is -2.09. The molecule has 34 heavy (non-hydrogen) atoms. The summed E-state index contributed by atoms with van der Waals surface area (Å²) in [5, 5.41) is 12.7. The van der Waals surface area contributed by atoms with Gasteiger partial charge in [-0.05, 0) is 36.0 Å². The highest BCUT2D eigenvalue weighted by Gasteiger charge is 2.18. The number of ether oxygens (including phenoxy) is 1. The minimum absolute atomic E-state index is 0.327. The van der Waals surface area contributed by atoms with Crippen LogP contribution in [0.5, 0.6) is 0 Å². The second kappa shape index (κ2) is 11.0. The Morgan fingerprint density at radius 3 is 2.56 bits per heavy atom. The van der Waals surface area contributed by atoms with Gasteiger partial charge in [-0.25, -0.2) is 4.79 Å². The van der Waals surface area contributed by atoms with E-state index in [-0.39, 0.29) is 0 Å². The molecule has 0 aliphatic carbocycles. The number of nitrogens with one attached hydrogen (secondary N) is 2. The van der Waals surface area contributed by atoms with Crippen molar-refractivity contribution in [1.29, 1.82) is 0 Å². The third kappa shape index (κ3) is 5.95. The van der Waals surface area contributed by atoms with Gasteiger partial charge in [0.25, 0.3) is 0 Å². The van der Waals surface area contributed by atoms with Crippen molar-refractivity contribution in [3.8, 4) is 0 Å². The molecule has 4 aromatic rings. The van der Waals surface area contributed by atoms with Crippen molar-refractivity contribution in [1.82, 2.24) is 9.78 Å². The Labute approximate surface area is 216 Å². The van der Waals surface area contributed by atoms with Gasteiger partial charge < -0.3 is 15.4 Å². The van der Waals surface area contributed by atoms with Gasteiger partial charge in [0.15, 0.2) is 5.11 Å². The van der Waals surface area contributed by atoms with E-state index in [1.165, 1.54) is 18.4 Å². The van der Waals surface area contributed by atoms with Crippen LogP contribution in [-0.2, 0) is 17.7 Å². The lowest BCUT2D eigenvalue weighted by atomic mass is 10.1. The van der Waals surface area contributed by atoms with Crippen LogP contribution in [0.1, 0.15) is 26.4 Å². The second-order valence-corrected chi connectivity index (χ2v) is 9.67. The Morgan fingerprint density at radius 2 is 1.85 bits per heavy atom. The standard InChI is InChI=1S/C24H20Cl2N4O2S2/c1-32-23(31)18-11-17(10-15-6-3-2-4-7-15)34-22(18)29-24(33)28-16-12-27-30(13-16)14-19-20(25)8-5-9-21(19)26/h2-9,11-13H,10,14H2,1H3,(H2,28,29,33). The summed E-state index contributed by atoms with van der Waals surface area (Å²) < 4.78 is 6.66. The summed E-state index contributed by atoms with van der Waals surface area (Å²) in [6.07, 6.45) is 4.15. The predicted octanol–water partition coefficient (Wildman–Crippen LogP) is 6.49. The molecule has 2 heterocycles. The van der Waals surface area contributed by atoms with Crippen LogP contribution in [-0.4, -0.2) is 28.0 Å². The fraction of sp³-hybridized carbons (Fsp3) is 0.125. The van der Waals surface area contributed by atoms with Crippen LogP contribution in [0.3, 0.4) is 0 Å². The molecule has 0 unspecified atom stereocenters. The molecule has 0 aliphatic heterocycles. The van der Waals surface area contributed by atoms with Gasteiger partial charge in [0.2, 0.25) is 0 Å². The van der Waals surface area contributed by atoms with Crippen LogP contribution in [0, 0.1) is 0 Å². The lowest BCUT2D eigenvalue weighted by Crippen LogP contribution is -2.19. The Balaban J connectivity index is 1.45. The summed E-state index contributed by atoms with van der Waals surface area (Å²) >= 11 is 19.4. The van der Waals surface area contributed by atoms with E-state index in [4.69, 9.17) is 40.2 Å². The molecule has 0 radical (unpaired) electrons. The zero-order chi connectivity index (χ0) is 24.1. The van der Waals surface area contributed by atoms with Crippen molar-refractivity contribution in [2.45, 2.75) is 13.0 Å². The van der Waals surface area contributed by atoms with E-state index >= 15 is 0 Å². The first-order valence-electron chi connectivity index (χ1n) is 10.2. The van der Waals surface area contributed by atoms with Crippen LogP contribution in [0.4, 0.5) is 10.7 Å². The van der Waals surface area contributed by atoms with Crippen molar-refractivity contribution in [3.63, 3.8) is 0 Å². The highest BCUT2D eigenvalue weighted by atomic mass is 35.5. The van der Waals surface area contributed by atoms with Gasteiger partial charge >= 0.3 is 5.97 Å². The summed E-state index contributed by atoms with van der Waals surface area (Å²) in [4.78, 5) is 13.3. The summed E-state index contributed by atoms with van der Waals surface area (Å²) in [7, 11) is 1.36. The number of carbonyl (C=O) groups is 1. The van der Waals surface area contributed by atoms with Gasteiger partial charge in [0.05, 0.1) is 31.1 Å². The lowest BCUT2D eigenvalue weighted by molar-refractivity contribution is 0.0602. The van der Waals surface area contributed by atoms with Crippen molar-refractivity contribution in [2.75, 3.05) is 17.7 Å². The molecule has 0 spiro atoms. The number of hydrogen-bond acceptors (Lipinski definition) is 5. The largest absolute Gasteiger partial charge is 0.465 e. The number of thiocarbonyl (C=S) groups is 1. The van der Waals surface area contributed by atoms with Crippen molar-refractivity contribution in [3.05, 3.63) is 98.6 Å². The molecule has 10 heteroatoms. The van der Waals surface area contributed by atoms with Crippen LogP contribution in [0.2, 0.25) is 10.0 Å². The van der Waals surface area contributed by atoms with Gasteiger partial charge in [0.1, 0.15) is 5.00 Å². The quantitative estimate of drug-likeness (QED) is 0.210. The van der Waals surface area contributed by atoms with Crippen molar-refractivity contribution in [2.24, 2.45) is 0 Å². The molecule has 2 N–H and O–H groups in total. The molecular formula is C24H20Cl2N4O2S2. The summed E-state index contributed by atoms with van der Waals surface area (Å²) in [6, 6.07) is 17.2. The molecule has 0 fully saturated rings. The summed E-state index contributed by atoms with van der Waals surface area (Å²) in [5.41, 5.74) is 3.06. The van der Waals surface area contributed by atoms with E-state index < -0.39 is 5.97 Å². The molecule has 0 amide bonds. The number of aromatic nitrogens is 2. The maximum Gasteiger partial charge on any atom is 0.340 e. The number of rotatable bonds is 7. The maximum absolute atomic E-state index is 12.3. The minimum Gasteiger partial charge on any atom is -0.465 e. The van der Waals surface area contributed by atoms with Crippen molar-refractivity contribution >= 4 is 68.5 Å². The van der Waals surface area contributed by atoms with E-state index in [1.807, 2.05) is 36.4 Å². The summed E-state index contributed by atoms with van der Waals surface area (Å²) in [5.74, 6) is -0.426. The van der Waals surface area contributed by atoms with E-state index in [9.17, 15) is 4.79 Å². The Kier molecular flexibility index (Phi) is 7.84. The van der Waals surface area contributed by atoms with Gasteiger partial charge in [-0.1, -0.05) is 59.6 Å². The molecule has 0 saturated carbocycles. The van der Waals surface area contributed by atoms with Gasteiger partial charge in [-0.2, -0.15) is 5.10 Å². The van der Waals surface area contributed by atoms with Gasteiger partial charge in [-0.15, -0.1) is 11.3 Å². The zero-order valence-electron chi connectivity index (χ0n) is 18.0. The third-order valence-corrected chi connectivity index (χ3v) is 6.87. The molecule has 174 valence electrons. The van der Waals surface area contributed by atoms with Gasteiger partial charge in [-0.3, -0.25) is 4.68 Å². The Bertz CT molecular complexity index is 1300. The zero-order valence-corrected chi connectivity index (χ0v) is 21.2. The molecule has 0 atom stereocenters. The van der Waals surface area contributed by atoms with E-state index in [0.29, 0.717) is 44.4 Å².